The number of ether oxygens (including phenoxy) is 1. The van der Waals surface area contributed by atoms with Gasteiger partial charge in [0.15, 0.2) is 0 Å². The van der Waals surface area contributed by atoms with Gasteiger partial charge in [0.25, 0.3) is 0 Å². The summed E-state index contributed by atoms with van der Waals surface area (Å²) >= 11 is 3.47. The second-order valence-corrected chi connectivity index (χ2v) is 6.22. The van der Waals surface area contributed by atoms with Gasteiger partial charge in [-0.05, 0) is 56.0 Å². The molecule has 1 atom stereocenters. The minimum atomic E-state index is 0.787. The molecule has 1 aromatic rings. The normalized spacial score (nSPS) is 20.9. The summed E-state index contributed by atoms with van der Waals surface area (Å²) in [5.41, 5.74) is 1.19. The van der Waals surface area contributed by atoms with E-state index >= 15 is 0 Å². The van der Waals surface area contributed by atoms with E-state index < -0.39 is 0 Å². The largest absolute Gasteiger partial charge is 0.492 e. The second kappa shape index (κ2) is 6.58. The standard InChI is InChI=1S/C15H22BrNO/c1-12-4-3-7-17(11-12)8-9-18-15-6-5-14(16)10-13(15)2/h5-6,10,12H,3-4,7-9,11H2,1-2H3/t12-/m0/s1. The number of hydrogen-bond acceptors (Lipinski definition) is 2. The number of nitrogens with zero attached hydrogens (tertiary/aromatic N) is 1. The van der Waals surface area contributed by atoms with Gasteiger partial charge in [0.2, 0.25) is 0 Å². The first-order valence-electron chi connectivity index (χ1n) is 6.76. The molecule has 0 amide bonds. The maximum Gasteiger partial charge on any atom is 0.122 e. The fourth-order valence-corrected chi connectivity index (χ4v) is 3.02. The first kappa shape index (κ1) is 13.9. The number of benzene rings is 1. The zero-order chi connectivity index (χ0) is 13.0. The first-order chi connectivity index (χ1) is 8.65. The number of halogens is 1. The SMILES string of the molecule is Cc1cc(Br)ccc1OCCN1CCC[C@H](C)C1. The van der Waals surface area contributed by atoms with Gasteiger partial charge >= 0.3 is 0 Å². The Hall–Kier alpha value is -0.540. The molecule has 3 heteroatoms. The molecule has 0 bridgehead atoms. The Morgan fingerprint density at radius 3 is 3.00 bits per heavy atom. The number of rotatable bonds is 4. The summed E-state index contributed by atoms with van der Waals surface area (Å²) in [6.07, 6.45) is 2.71. The molecule has 2 rings (SSSR count). The van der Waals surface area contributed by atoms with Crippen LogP contribution in [0.3, 0.4) is 0 Å². The average molecular weight is 312 g/mol. The van der Waals surface area contributed by atoms with Crippen LogP contribution in [0.4, 0.5) is 0 Å². The molecule has 1 fully saturated rings. The van der Waals surface area contributed by atoms with E-state index in [-0.39, 0.29) is 0 Å². The van der Waals surface area contributed by atoms with Crippen molar-refractivity contribution in [2.24, 2.45) is 5.92 Å². The van der Waals surface area contributed by atoms with Crippen molar-refractivity contribution in [2.45, 2.75) is 26.7 Å². The van der Waals surface area contributed by atoms with Crippen LogP contribution < -0.4 is 4.74 Å². The van der Waals surface area contributed by atoms with Gasteiger partial charge in [-0.1, -0.05) is 22.9 Å². The van der Waals surface area contributed by atoms with Gasteiger partial charge in [-0.15, -0.1) is 0 Å². The predicted octanol–water partition coefficient (Wildman–Crippen LogP) is 3.87. The van der Waals surface area contributed by atoms with Crippen LogP contribution in [0.15, 0.2) is 22.7 Å². The zero-order valence-corrected chi connectivity index (χ0v) is 12.9. The smallest absolute Gasteiger partial charge is 0.122 e. The van der Waals surface area contributed by atoms with Crippen LogP contribution in [0.1, 0.15) is 25.3 Å². The molecule has 0 radical (unpaired) electrons. The van der Waals surface area contributed by atoms with E-state index in [1.165, 1.54) is 31.5 Å². The summed E-state index contributed by atoms with van der Waals surface area (Å²) in [6, 6.07) is 6.17. The summed E-state index contributed by atoms with van der Waals surface area (Å²) in [5, 5.41) is 0. The van der Waals surface area contributed by atoms with Crippen molar-refractivity contribution in [3.8, 4) is 5.75 Å². The van der Waals surface area contributed by atoms with Gasteiger partial charge in [0, 0.05) is 17.6 Å². The van der Waals surface area contributed by atoms with E-state index in [9.17, 15) is 0 Å². The van der Waals surface area contributed by atoms with Crippen molar-refractivity contribution >= 4 is 15.9 Å². The van der Waals surface area contributed by atoms with Gasteiger partial charge in [-0.2, -0.15) is 0 Å². The molecule has 0 unspecified atom stereocenters. The van der Waals surface area contributed by atoms with Crippen LogP contribution in [0.25, 0.3) is 0 Å². The number of hydrogen-bond donors (Lipinski definition) is 0. The summed E-state index contributed by atoms with van der Waals surface area (Å²) in [5.74, 6) is 1.84. The van der Waals surface area contributed by atoms with Crippen LogP contribution in [-0.2, 0) is 0 Å². The summed E-state index contributed by atoms with van der Waals surface area (Å²) < 4.78 is 6.98. The molecule has 1 saturated heterocycles. The molecule has 0 spiro atoms. The van der Waals surface area contributed by atoms with Crippen LogP contribution >= 0.6 is 15.9 Å². The topological polar surface area (TPSA) is 12.5 Å². The quantitative estimate of drug-likeness (QED) is 0.837. The van der Waals surface area contributed by atoms with Gasteiger partial charge in [-0.25, -0.2) is 0 Å². The minimum absolute atomic E-state index is 0.787. The van der Waals surface area contributed by atoms with E-state index in [2.05, 4.69) is 40.7 Å². The van der Waals surface area contributed by atoms with Crippen LogP contribution in [0.2, 0.25) is 0 Å². The highest BCUT2D eigenvalue weighted by Crippen LogP contribution is 2.22. The molecule has 0 aliphatic carbocycles. The molecule has 1 aliphatic heterocycles. The van der Waals surface area contributed by atoms with Crippen molar-refractivity contribution in [1.82, 2.24) is 4.90 Å². The Kier molecular flexibility index (Phi) is 5.07. The third kappa shape index (κ3) is 3.99. The molecule has 18 heavy (non-hydrogen) atoms. The Bertz CT molecular complexity index is 394. The molecule has 0 N–H and O–H groups in total. The fraction of sp³-hybridized carbons (Fsp3) is 0.600. The number of aryl methyl sites for hydroxylation is 1. The van der Waals surface area contributed by atoms with Crippen molar-refractivity contribution in [3.63, 3.8) is 0 Å². The molecule has 1 heterocycles. The van der Waals surface area contributed by atoms with E-state index in [1.807, 2.05) is 12.1 Å². The zero-order valence-electron chi connectivity index (χ0n) is 11.3. The third-order valence-electron chi connectivity index (χ3n) is 3.54. The molecule has 2 nitrogen and oxygen atoms in total. The summed E-state index contributed by atoms with van der Waals surface area (Å²) in [7, 11) is 0. The predicted molar refractivity (Wildman–Crippen MR) is 79.2 cm³/mol. The molecular weight excluding hydrogens is 290 g/mol. The Balaban J connectivity index is 1.77. The van der Waals surface area contributed by atoms with E-state index in [4.69, 9.17) is 4.74 Å². The van der Waals surface area contributed by atoms with Gasteiger partial charge in [0.05, 0.1) is 0 Å². The Labute approximate surface area is 118 Å². The highest BCUT2D eigenvalue weighted by molar-refractivity contribution is 9.10. The molecule has 0 aromatic heterocycles. The van der Waals surface area contributed by atoms with Crippen molar-refractivity contribution in [3.05, 3.63) is 28.2 Å². The monoisotopic (exact) mass is 311 g/mol. The summed E-state index contributed by atoms with van der Waals surface area (Å²) in [4.78, 5) is 2.52. The van der Waals surface area contributed by atoms with Crippen molar-refractivity contribution in [1.29, 1.82) is 0 Å². The van der Waals surface area contributed by atoms with Gasteiger partial charge in [0.1, 0.15) is 12.4 Å². The van der Waals surface area contributed by atoms with Crippen LogP contribution in [0.5, 0.6) is 5.75 Å². The highest BCUT2D eigenvalue weighted by atomic mass is 79.9. The molecular formula is C15H22BrNO. The first-order valence-corrected chi connectivity index (χ1v) is 7.56. The molecule has 100 valence electrons. The maximum atomic E-state index is 5.87. The lowest BCUT2D eigenvalue weighted by molar-refractivity contribution is 0.153. The lowest BCUT2D eigenvalue weighted by atomic mass is 10.0. The van der Waals surface area contributed by atoms with Crippen LogP contribution in [-0.4, -0.2) is 31.1 Å². The maximum absolute atomic E-state index is 5.87. The lowest BCUT2D eigenvalue weighted by Crippen LogP contribution is -2.37. The average Bonchev–Trinajstić information content (AvgIpc) is 2.32. The van der Waals surface area contributed by atoms with E-state index in [0.29, 0.717) is 0 Å². The van der Waals surface area contributed by atoms with Crippen LogP contribution in [0, 0.1) is 12.8 Å². The fourth-order valence-electron chi connectivity index (χ4n) is 2.55. The highest BCUT2D eigenvalue weighted by Gasteiger charge is 2.15. The van der Waals surface area contributed by atoms with E-state index in [0.717, 1.165) is 29.3 Å². The summed E-state index contributed by atoms with van der Waals surface area (Å²) in [6.45, 7) is 8.71. The molecule has 1 aliphatic rings. The van der Waals surface area contributed by atoms with E-state index in [1.54, 1.807) is 0 Å². The van der Waals surface area contributed by atoms with Crippen molar-refractivity contribution < 1.29 is 4.74 Å². The number of likely N-dealkylation sites (tertiary alicyclic amines) is 1. The molecule has 0 saturated carbocycles. The third-order valence-corrected chi connectivity index (χ3v) is 4.04. The van der Waals surface area contributed by atoms with Gasteiger partial charge < -0.3 is 4.74 Å². The van der Waals surface area contributed by atoms with Gasteiger partial charge in [-0.3, -0.25) is 4.90 Å². The second-order valence-electron chi connectivity index (χ2n) is 5.31. The van der Waals surface area contributed by atoms with Crippen molar-refractivity contribution in [2.75, 3.05) is 26.2 Å². The minimum Gasteiger partial charge on any atom is -0.492 e. The lowest BCUT2D eigenvalue weighted by Gasteiger charge is -2.30. The number of piperidine rings is 1. The Morgan fingerprint density at radius 1 is 1.44 bits per heavy atom. The molecule has 1 aromatic carbocycles. The Morgan fingerprint density at radius 2 is 2.28 bits per heavy atom.